The predicted molar refractivity (Wildman–Crippen MR) is 236 cm³/mol. The average molecular weight is 979 g/mol. The van der Waals surface area contributed by atoms with Gasteiger partial charge >= 0.3 is 35.8 Å². The summed E-state index contributed by atoms with van der Waals surface area (Å²) >= 11 is 0. The van der Waals surface area contributed by atoms with Crippen LogP contribution >= 0.6 is 0 Å². The molecule has 0 aromatic rings. The van der Waals surface area contributed by atoms with Gasteiger partial charge in [0.15, 0.2) is 49.2 Å². The van der Waals surface area contributed by atoms with Crippen LogP contribution in [0.15, 0.2) is 0 Å². The van der Waals surface area contributed by atoms with Crippen LogP contribution < -0.4 is 0 Å². The summed E-state index contributed by atoms with van der Waals surface area (Å²) in [6, 6.07) is 0. The van der Waals surface area contributed by atoms with Crippen LogP contribution in [0.5, 0.6) is 0 Å². The number of esters is 6. The fourth-order valence-corrected chi connectivity index (χ4v) is 14.9. The zero-order valence-electron chi connectivity index (χ0n) is 41.9. The van der Waals surface area contributed by atoms with E-state index in [1.807, 2.05) is 0 Å². The van der Waals surface area contributed by atoms with Gasteiger partial charge in [0, 0.05) is 47.5 Å². The number of fused-ring (bicyclic) bond motifs is 7. The van der Waals surface area contributed by atoms with Gasteiger partial charge in [0.2, 0.25) is 5.79 Å². The van der Waals surface area contributed by atoms with Gasteiger partial charge in [0.1, 0.15) is 6.10 Å². The normalized spacial score (nSPS) is 47.8. The van der Waals surface area contributed by atoms with E-state index in [9.17, 15) is 33.9 Å². The molecule has 19 heteroatoms. The Balaban J connectivity index is 1.11. The first kappa shape index (κ1) is 51.9. The van der Waals surface area contributed by atoms with E-state index in [0.29, 0.717) is 38.2 Å². The highest BCUT2D eigenvalue weighted by Crippen LogP contribution is 2.72. The lowest BCUT2D eigenvalue weighted by Crippen LogP contribution is -2.66. The number of ether oxygens (including phenoxy) is 12. The SMILES string of the molecule is CC(=O)O[C@@H]1[C@@H](OC(C)=O)[C@H](O[C@@H]2[C@@H](OC(C)=O)[C@H](O[C@H]3C[C@@H]4[C@H](CC[C@]5(C)[C@@H]6[C@H](C[C@@H]45)O[C@@]4(OC[C@@H](C)C[C@@H]4OC(C)=O)[C@H]6C)[C@@]4(C)CC[C@H](O)C[C@H]34)O[C@H](C)[C@H]2OC(C)=O)OC[C@H]1OC(C)=O. The van der Waals surface area contributed by atoms with Crippen molar-refractivity contribution < 1.29 is 90.7 Å². The lowest BCUT2D eigenvalue weighted by Gasteiger charge is -2.63. The molecule has 4 saturated heterocycles. The van der Waals surface area contributed by atoms with Crippen molar-refractivity contribution in [2.75, 3.05) is 13.2 Å². The molecule has 0 unspecified atom stereocenters. The molecule has 0 aromatic heterocycles. The number of aliphatic hydroxyl groups excluding tert-OH is 1. The number of hydrogen-bond acceptors (Lipinski definition) is 19. The maximum absolute atomic E-state index is 13.1. The summed E-state index contributed by atoms with van der Waals surface area (Å²) in [6.45, 7) is 18.2. The molecule has 8 fully saturated rings. The average Bonchev–Trinajstić information content (AvgIpc) is 3.70. The van der Waals surface area contributed by atoms with E-state index in [4.69, 9.17) is 56.8 Å². The Kier molecular flexibility index (Phi) is 14.9. The Bertz CT molecular complexity index is 1960. The van der Waals surface area contributed by atoms with Crippen LogP contribution in [0.2, 0.25) is 0 Å². The van der Waals surface area contributed by atoms with E-state index in [1.54, 1.807) is 6.92 Å². The van der Waals surface area contributed by atoms with Crippen LogP contribution in [0.3, 0.4) is 0 Å². The fourth-order valence-electron chi connectivity index (χ4n) is 14.9. The van der Waals surface area contributed by atoms with E-state index in [2.05, 4.69) is 27.7 Å². The first-order valence-electron chi connectivity index (χ1n) is 25.1. The summed E-state index contributed by atoms with van der Waals surface area (Å²) in [4.78, 5) is 75.4. The summed E-state index contributed by atoms with van der Waals surface area (Å²) in [5.41, 5.74) is -0.388. The van der Waals surface area contributed by atoms with Gasteiger partial charge in [-0.1, -0.05) is 27.7 Å². The molecule has 69 heavy (non-hydrogen) atoms. The second kappa shape index (κ2) is 19.9. The van der Waals surface area contributed by atoms with Gasteiger partial charge in [-0.25, -0.2) is 0 Å². The quantitative estimate of drug-likeness (QED) is 0.181. The molecule has 8 aliphatic rings. The number of aliphatic hydroxyl groups is 1. The molecule has 4 aliphatic heterocycles. The lowest BCUT2D eigenvalue weighted by atomic mass is 9.43. The van der Waals surface area contributed by atoms with Crippen LogP contribution in [0.4, 0.5) is 0 Å². The zero-order chi connectivity index (χ0) is 50.1. The number of rotatable bonds is 10. The molecule has 1 spiro atoms. The van der Waals surface area contributed by atoms with Crippen molar-refractivity contribution in [2.45, 2.75) is 213 Å². The summed E-state index contributed by atoms with van der Waals surface area (Å²) in [6.07, 6.45) is -7.60. The Morgan fingerprint density at radius 3 is 1.80 bits per heavy atom. The molecule has 19 nitrogen and oxygen atoms in total. The van der Waals surface area contributed by atoms with Gasteiger partial charge in [-0.05, 0) is 105 Å². The molecule has 0 amide bonds. The third kappa shape index (κ3) is 9.79. The summed E-state index contributed by atoms with van der Waals surface area (Å²) in [7, 11) is 0. The van der Waals surface area contributed by atoms with E-state index in [1.165, 1.54) is 27.7 Å². The van der Waals surface area contributed by atoms with Crippen molar-refractivity contribution in [1.82, 2.24) is 0 Å². The molecule has 4 saturated carbocycles. The summed E-state index contributed by atoms with van der Waals surface area (Å²) < 4.78 is 74.7. The highest BCUT2D eigenvalue weighted by molar-refractivity contribution is 5.69. The standard InChI is InChI=1S/C50H74O19/c1-22-16-39(62-26(5)52)50(59-20-22)23(2)40-37(69-50)19-34-32-18-36(35-17-31(57)12-14-48(35,10)33(32)13-15-49(34,40)11)67-47-45(66-30(9)56)43(41(24(3)60-47)63-27(6)53)68-46-44(65-29(8)55)42(64-28(7)54)38(21-58-46)61-25(4)51/h22-24,31-47,57H,12-21H2,1-11H3/t22-,23-,24+,31-,32+,33-,34-,35+,36-,37-,38+,39-,40-,41+,42-,43-,44+,45+,46-,47-,48+,49-,50-/m0/s1. The van der Waals surface area contributed by atoms with Crippen molar-refractivity contribution in [3.8, 4) is 0 Å². The minimum Gasteiger partial charge on any atom is -0.457 e. The smallest absolute Gasteiger partial charge is 0.303 e. The molecule has 23 atom stereocenters. The minimum atomic E-state index is -1.54. The summed E-state index contributed by atoms with van der Waals surface area (Å²) in [5, 5.41) is 11.3. The monoisotopic (exact) mass is 978 g/mol. The molecule has 1 N–H and O–H groups in total. The van der Waals surface area contributed by atoms with Gasteiger partial charge < -0.3 is 61.9 Å². The van der Waals surface area contributed by atoms with Gasteiger partial charge in [-0.2, -0.15) is 0 Å². The second-order valence-corrected chi connectivity index (χ2v) is 22.0. The molecule has 388 valence electrons. The van der Waals surface area contributed by atoms with Crippen molar-refractivity contribution >= 4 is 35.8 Å². The van der Waals surface area contributed by atoms with Crippen molar-refractivity contribution in [3.63, 3.8) is 0 Å². The first-order chi connectivity index (χ1) is 32.4. The highest BCUT2D eigenvalue weighted by Gasteiger charge is 2.72. The zero-order valence-corrected chi connectivity index (χ0v) is 41.9. The van der Waals surface area contributed by atoms with Crippen molar-refractivity contribution in [2.24, 2.45) is 52.3 Å². The summed E-state index contributed by atoms with van der Waals surface area (Å²) in [5.74, 6) is -4.15. The minimum absolute atomic E-state index is 0.0520. The maximum Gasteiger partial charge on any atom is 0.303 e. The van der Waals surface area contributed by atoms with Crippen LogP contribution in [0, 0.1) is 52.3 Å². The molecular formula is C50H74O19. The highest BCUT2D eigenvalue weighted by atomic mass is 16.8. The van der Waals surface area contributed by atoms with Crippen LogP contribution in [0.25, 0.3) is 0 Å². The van der Waals surface area contributed by atoms with Crippen LogP contribution in [-0.4, -0.2) is 140 Å². The Labute approximate surface area is 404 Å². The predicted octanol–water partition coefficient (Wildman–Crippen LogP) is 4.48. The molecule has 4 heterocycles. The molecule has 0 radical (unpaired) electrons. The van der Waals surface area contributed by atoms with Crippen LogP contribution in [0.1, 0.15) is 128 Å². The molecule has 8 rings (SSSR count). The van der Waals surface area contributed by atoms with Crippen LogP contribution in [-0.2, 0) is 85.6 Å². The Morgan fingerprint density at radius 1 is 0.565 bits per heavy atom. The largest absolute Gasteiger partial charge is 0.457 e. The maximum atomic E-state index is 13.1. The van der Waals surface area contributed by atoms with E-state index in [0.717, 1.165) is 39.5 Å². The van der Waals surface area contributed by atoms with Gasteiger partial charge in [0.25, 0.3) is 0 Å². The van der Waals surface area contributed by atoms with E-state index >= 15 is 0 Å². The number of hydrogen-bond donors (Lipinski definition) is 1. The van der Waals surface area contributed by atoms with E-state index < -0.39 is 109 Å². The molecule has 4 aliphatic carbocycles. The Morgan fingerprint density at radius 2 is 1.16 bits per heavy atom. The van der Waals surface area contributed by atoms with Gasteiger partial charge in [-0.15, -0.1) is 0 Å². The number of carbonyl (C=O) groups is 6. The third-order valence-corrected chi connectivity index (χ3v) is 17.4. The molecular weight excluding hydrogens is 905 g/mol. The topological polar surface area (TPSA) is 233 Å². The number of carbonyl (C=O) groups excluding carboxylic acids is 6. The Hall–Kier alpha value is -3.46. The lowest BCUT2D eigenvalue weighted by molar-refractivity contribution is -0.358. The van der Waals surface area contributed by atoms with E-state index in [-0.39, 0.29) is 65.0 Å². The third-order valence-electron chi connectivity index (χ3n) is 17.4. The van der Waals surface area contributed by atoms with Gasteiger partial charge in [0.05, 0.1) is 37.6 Å². The first-order valence-corrected chi connectivity index (χ1v) is 25.1. The van der Waals surface area contributed by atoms with Gasteiger partial charge in [-0.3, -0.25) is 28.8 Å². The van der Waals surface area contributed by atoms with Crippen molar-refractivity contribution in [1.29, 1.82) is 0 Å². The molecule has 0 bridgehead atoms. The second-order valence-electron chi connectivity index (χ2n) is 22.0. The fraction of sp³-hybridized carbons (Fsp3) is 0.880. The molecule has 0 aromatic carbocycles. The van der Waals surface area contributed by atoms with Crippen molar-refractivity contribution in [3.05, 3.63) is 0 Å².